The molecule has 0 unspecified atom stereocenters. The fourth-order valence-electron chi connectivity index (χ4n) is 5.98. The van der Waals surface area contributed by atoms with Crippen LogP contribution < -0.4 is 4.74 Å². The quantitative estimate of drug-likeness (QED) is 0.262. The van der Waals surface area contributed by atoms with E-state index in [2.05, 4.69) is 55.1 Å². The predicted octanol–water partition coefficient (Wildman–Crippen LogP) is 6.74. The normalized spacial score (nSPS) is 21.4. The summed E-state index contributed by atoms with van der Waals surface area (Å²) in [6, 6.07) is 5.94. The zero-order chi connectivity index (χ0) is 26.3. The van der Waals surface area contributed by atoms with Crippen LogP contribution in [0.5, 0.6) is 5.75 Å². The topological polar surface area (TPSA) is 55.8 Å². The molecular weight excluding hydrogens is 518 g/mol. The Morgan fingerprint density at radius 2 is 1.61 bits per heavy atom. The Hall–Kier alpha value is -2.18. The van der Waals surface area contributed by atoms with Crippen molar-refractivity contribution < 1.29 is 19.1 Å². The number of allylic oxidation sites excluding steroid dienone is 4. The summed E-state index contributed by atoms with van der Waals surface area (Å²) in [5.74, 6) is 0.655. The molecule has 0 atom stereocenters. The van der Waals surface area contributed by atoms with Crippen molar-refractivity contribution in [1.29, 1.82) is 0 Å². The molecule has 0 N–H and O–H groups in total. The molecular formula is C30H38BrNO4. The van der Waals surface area contributed by atoms with Crippen molar-refractivity contribution in [2.75, 3.05) is 26.9 Å². The van der Waals surface area contributed by atoms with Crippen LogP contribution in [0.1, 0.15) is 71.3 Å². The first-order valence-corrected chi connectivity index (χ1v) is 13.6. The van der Waals surface area contributed by atoms with Crippen LogP contribution in [0, 0.1) is 10.8 Å². The van der Waals surface area contributed by atoms with Gasteiger partial charge in [0.15, 0.2) is 11.6 Å². The van der Waals surface area contributed by atoms with Crippen molar-refractivity contribution in [1.82, 2.24) is 4.90 Å². The number of carbonyl (C=O) groups excluding carboxylic acids is 2. The summed E-state index contributed by atoms with van der Waals surface area (Å²) in [5.41, 5.74) is 4.46. The number of nitrogens with zero attached hydrogens (tertiary/aromatic N) is 1. The minimum Gasteiger partial charge on any atom is -0.488 e. The highest BCUT2D eigenvalue weighted by Crippen LogP contribution is 2.54. The highest BCUT2D eigenvalue weighted by atomic mass is 79.9. The van der Waals surface area contributed by atoms with Gasteiger partial charge in [-0.15, -0.1) is 0 Å². The lowest BCUT2D eigenvalue weighted by Gasteiger charge is -2.49. The molecule has 3 aliphatic rings. The van der Waals surface area contributed by atoms with Crippen molar-refractivity contribution in [3.8, 4) is 5.75 Å². The van der Waals surface area contributed by atoms with Crippen molar-refractivity contribution >= 4 is 27.5 Å². The van der Waals surface area contributed by atoms with E-state index in [1.165, 1.54) is 0 Å². The summed E-state index contributed by atoms with van der Waals surface area (Å²) in [7, 11) is 1.71. The SMILES string of the molecule is C=CCOc1ccc(C2C3=C(CC(C)(C)CC3=O)N(CCCOC)C3=C2C(=O)CC(C)(C)C3)cc1Br. The van der Waals surface area contributed by atoms with Crippen LogP contribution in [0.25, 0.3) is 0 Å². The molecule has 0 spiro atoms. The summed E-state index contributed by atoms with van der Waals surface area (Å²) >= 11 is 3.65. The molecule has 0 radical (unpaired) electrons. The molecule has 1 aromatic carbocycles. The predicted molar refractivity (Wildman–Crippen MR) is 146 cm³/mol. The van der Waals surface area contributed by atoms with Crippen LogP contribution in [0.3, 0.4) is 0 Å². The molecule has 0 fully saturated rings. The largest absolute Gasteiger partial charge is 0.488 e. The molecule has 1 aromatic rings. The average Bonchev–Trinajstić information content (AvgIpc) is 2.77. The highest BCUT2D eigenvalue weighted by molar-refractivity contribution is 9.10. The number of carbonyl (C=O) groups is 2. The molecule has 4 rings (SSSR count). The van der Waals surface area contributed by atoms with Gasteiger partial charge in [-0.3, -0.25) is 9.59 Å². The monoisotopic (exact) mass is 555 g/mol. The Bertz CT molecular complexity index is 1090. The van der Waals surface area contributed by atoms with E-state index in [1.807, 2.05) is 18.2 Å². The number of ether oxygens (including phenoxy) is 2. The highest BCUT2D eigenvalue weighted by Gasteiger charge is 2.48. The first kappa shape index (κ1) is 26.9. The summed E-state index contributed by atoms with van der Waals surface area (Å²) in [4.78, 5) is 29.9. The Morgan fingerprint density at radius 3 is 2.11 bits per heavy atom. The van der Waals surface area contributed by atoms with E-state index < -0.39 is 0 Å². The molecule has 0 amide bonds. The lowest BCUT2D eigenvalue weighted by Crippen LogP contribution is -2.44. The van der Waals surface area contributed by atoms with Gasteiger partial charge in [0.05, 0.1) is 4.47 Å². The zero-order valence-electron chi connectivity index (χ0n) is 22.2. The lowest BCUT2D eigenvalue weighted by atomic mass is 9.63. The molecule has 194 valence electrons. The average molecular weight is 557 g/mol. The van der Waals surface area contributed by atoms with Gasteiger partial charge in [0.1, 0.15) is 12.4 Å². The Balaban J connectivity index is 1.91. The van der Waals surface area contributed by atoms with Crippen LogP contribution in [0.2, 0.25) is 0 Å². The van der Waals surface area contributed by atoms with Gasteiger partial charge >= 0.3 is 0 Å². The third-order valence-corrected chi connectivity index (χ3v) is 8.02. The van der Waals surface area contributed by atoms with Gasteiger partial charge in [0.2, 0.25) is 0 Å². The van der Waals surface area contributed by atoms with E-state index in [0.29, 0.717) is 31.8 Å². The van der Waals surface area contributed by atoms with Gasteiger partial charge in [-0.25, -0.2) is 0 Å². The molecule has 36 heavy (non-hydrogen) atoms. The number of benzene rings is 1. The van der Waals surface area contributed by atoms with Crippen LogP contribution in [0.15, 0.2) is 57.9 Å². The van der Waals surface area contributed by atoms with E-state index in [4.69, 9.17) is 9.47 Å². The third-order valence-electron chi connectivity index (χ3n) is 7.40. The lowest BCUT2D eigenvalue weighted by molar-refractivity contribution is -0.119. The second-order valence-corrected chi connectivity index (χ2v) is 12.7. The summed E-state index contributed by atoms with van der Waals surface area (Å²) in [5, 5.41) is 0. The van der Waals surface area contributed by atoms with E-state index >= 15 is 0 Å². The zero-order valence-corrected chi connectivity index (χ0v) is 23.8. The van der Waals surface area contributed by atoms with E-state index in [1.54, 1.807) is 13.2 Å². The van der Waals surface area contributed by atoms with Crippen molar-refractivity contribution in [2.24, 2.45) is 10.8 Å². The second kappa shape index (κ2) is 10.3. The van der Waals surface area contributed by atoms with Gasteiger partial charge in [-0.1, -0.05) is 46.4 Å². The molecule has 5 nitrogen and oxygen atoms in total. The number of ketones is 2. The molecule has 0 bridgehead atoms. The first-order chi connectivity index (χ1) is 17.0. The van der Waals surface area contributed by atoms with Crippen LogP contribution in [0.4, 0.5) is 0 Å². The van der Waals surface area contributed by atoms with Crippen molar-refractivity contribution in [2.45, 2.75) is 65.7 Å². The molecule has 6 heteroatoms. The van der Waals surface area contributed by atoms with Crippen LogP contribution in [-0.2, 0) is 14.3 Å². The minimum absolute atomic E-state index is 0.130. The molecule has 0 aromatic heterocycles. The maximum absolute atomic E-state index is 13.8. The van der Waals surface area contributed by atoms with E-state index in [-0.39, 0.29) is 28.3 Å². The molecule has 0 saturated carbocycles. The maximum Gasteiger partial charge on any atom is 0.162 e. The Kier molecular flexibility index (Phi) is 7.68. The Labute approximate surface area is 223 Å². The van der Waals surface area contributed by atoms with Gasteiger partial charge < -0.3 is 14.4 Å². The molecule has 2 aliphatic carbocycles. The standard InChI is InChI=1S/C30H38BrNO4/c1-7-12-36-25-10-9-19(14-20(25)31)26-27-21(15-29(2,3)17-23(27)33)32(11-8-13-35-6)22-16-30(4,5)18-24(34)28(22)26/h7,9-10,14,26H,1,8,11-13,15-18H2,2-6H3. The minimum atomic E-state index is -0.356. The number of hydrogen-bond acceptors (Lipinski definition) is 5. The van der Waals surface area contributed by atoms with Crippen molar-refractivity contribution in [3.63, 3.8) is 0 Å². The fourth-order valence-corrected chi connectivity index (χ4v) is 6.49. The van der Waals surface area contributed by atoms with Crippen molar-refractivity contribution in [3.05, 3.63) is 63.4 Å². The summed E-state index contributed by atoms with van der Waals surface area (Å²) in [6.45, 7) is 14.2. The molecule has 1 heterocycles. The molecule has 1 aliphatic heterocycles. The van der Waals surface area contributed by atoms with Gasteiger partial charge in [0, 0.05) is 61.6 Å². The molecule has 0 saturated heterocycles. The second-order valence-electron chi connectivity index (χ2n) is 11.8. The number of Topliss-reactive ketones (excluding diaryl/α,β-unsaturated/α-hetero) is 2. The summed E-state index contributed by atoms with van der Waals surface area (Å²) in [6.07, 6.45) is 5.13. The Morgan fingerprint density at radius 1 is 1.03 bits per heavy atom. The maximum atomic E-state index is 13.8. The third kappa shape index (κ3) is 5.26. The summed E-state index contributed by atoms with van der Waals surface area (Å²) < 4.78 is 11.9. The number of methoxy groups -OCH3 is 1. The van der Waals surface area contributed by atoms with Gasteiger partial charge in [-0.2, -0.15) is 0 Å². The van der Waals surface area contributed by atoms with Gasteiger partial charge in [0.25, 0.3) is 0 Å². The fraction of sp³-hybridized carbons (Fsp3) is 0.533. The smallest absolute Gasteiger partial charge is 0.162 e. The number of hydrogen-bond donors (Lipinski definition) is 0. The first-order valence-electron chi connectivity index (χ1n) is 12.8. The van der Waals surface area contributed by atoms with Gasteiger partial charge in [-0.05, 0) is 63.7 Å². The number of halogens is 1. The van der Waals surface area contributed by atoms with E-state index in [0.717, 1.165) is 58.4 Å². The number of rotatable bonds is 8. The van der Waals surface area contributed by atoms with E-state index in [9.17, 15) is 9.59 Å². The van der Waals surface area contributed by atoms with Crippen LogP contribution >= 0.6 is 15.9 Å². The van der Waals surface area contributed by atoms with Crippen LogP contribution in [-0.4, -0.2) is 43.3 Å².